The Hall–Kier alpha value is -3.04. The molecule has 0 unspecified atom stereocenters. The van der Waals surface area contributed by atoms with Crippen LogP contribution in [0.2, 0.25) is 0 Å². The minimum absolute atomic E-state index is 0.121. The fourth-order valence-corrected chi connectivity index (χ4v) is 4.04. The lowest BCUT2D eigenvalue weighted by atomic mass is 10.1. The van der Waals surface area contributed by atoms with Crippen LogP contribution >= 0.6 is 22.7 Å². The SMILES string of the molecule is O=C(CCNC(=O)c1ccsc1)Nc1c(-c2ccc(F)cc2)nc2sccn12. The maximum Gasteiger partial charge on any atom is 0.252 e. The minimum Gasteiger partial charge on any atom is -0.351 e. The van der Waals surface area contributed by atoms with Crippen molar-refractivity contribution in [3.63, 3.8) is 0 Å². The number of carbonyl (C=O) groups excluding carboxylic acids is 2. The standard InChI is InChI=1S/C19H15FN4O2S2/c20-14-3-1-12(2-4-14)16-17(24-8-10-28-19(24)23-16)22-15(25)5-7-21-18(26)13-6-9-27-11-13/h1-4,6,8-11H,5,7H2,(H,21,26)(H,22,25). The van der Waals surface area contributed by atoms with Crippen LogP contribution in [0.1, 0.15) is 16.8 Å². The fraction of sp³-hybridized carbons (Fsp3) is 0.105. The molecular formula is C19H15FN4O2S2. The normalized spacial score (nSPS) is 10.9. The van der Waals surface area contributed by atoms with Gasteiger partial charge in [0, 0.05) is 41.0 Å². The zero-order valence-corrected chi connectivity index (χ0v) is 16.1. The summed E-state index contributed by atoms with van der Waals surface area (Å²) in [4.78, 5) is 29.6. The summed E-state index contributed by atoms with van der Waals surface area (Å²) in [5.74, 6) is -0.263. The van der Waals surface area contributed by atoms with E-state index in [0.717, 1.165) is 4.96 Å². The highest BCUT2D eigenvalue weighted by molar-refractivity contribution is 7.15. The molecule has 1 aromatic carbocycles. The third kappa shape index (κ3) is 3.80. The van der Waals surface area contributed by atoms with Gasteiger partial charge in [0.2, 0.25) is 5.91 Å². The molecule has 142 valence electrons. The molecule has 0 atom stereocenters. The van der Waals surface area contributed by atoms with Crippen LogP contribution in [0, 0.1) is 5.82 Å². The Kier molecular flexibility index (Phi) is 5.18. The van der Waals surface area contributed by atoms with Gasteiger partial charge >= 0.3 is 0 Å². The van der Waals surface area contributed by atoms with Crippen LogP contribution in [0.15, 0.2) is 52.7 Å². The first-order valence-electron chi connectivity index (χ1n) is 8.43. The Morgan fingerprint density at radius 1 is 1.14 bits per heavy atom. The third-order valence-electron chi connectivity index (χ3n) is 4.06. The number of fused-ring (bicyclic) bond motifs is 1. The molecule has 0 saturated carbocycles. The molecule has 0 radical (unpaired) electrons. The van der Waals surface area contributed by atoms with Gasteiger partial charge in [-0.05, 0) is 35.7 Å². The zero-order chi connectivity index (χ0) is 19.5. The van der Waals surface area contributed by atoms with Gasteiger partial charge in [-0.1, -0.05) is 0 Å². The van der Waals surface area contributed by atoms with Gasteiger partial charge in [0.05, 0.1) is 0 Å². The molecule has 0 spiro atoms. The van der Waals surface area contributed by atoms with E-state index in [9.17, 15) is 14.0 Å². The van der Waals surface area contributed by atoms with Crippen molar-refractivity contribution < 1.29 is 14.0 Å². The number of nitrogens with one attached hydrogen (secondary N) is 2. The predicted molar refractivity (Wildman–Crippen MR) is 108 cm³/mol. The first kappa shape index (κ1) is 18.3. The number of imidazole rings is 1. The number of thiophene rings is 1. The molecule has 3 heterocycles. The van der Waals surface area contributed by atoms with Gasteiger partial charge in [0.15, 0.2) is 4.96 Å². The second kappa shape index (κ2) is 7.91. The van der Waals surface area contributed by atoms with E-state index in [0.29, 0.717) is 22.6 Å². The van der Waals surface area contributed by atoms with E-state index >= 15 is 0 Å². The largest absolute Gasteiger partial charge is 0.351 e. The molecule has 0 aliphatic heterocycles. The van der Waals surface area contributed by atoms with Gasteiger partial charge in [-0.15, -0.1) is 11.3 Å². The minimum atomic E-state index is -0.336. The van der Waals surface area contributed by atoms with Gasteiger partial charge < -0.3 is 10.6 Å². The average Bonchev–Trinajstić information content (AvgIpc) is 3.41. The van der Waals surface area contributed by atoms with Gasteiger partial charge in [-0.25, -0.2) is 9.37 Å². The number of hydrogen-bond acceptors (Lipinski definition) is 5. The van der Waals surface area contributed by atoms with Crippen molar-refractivity contribution in [1.82, 2.24) is 14.7 Å². The summed E-state index contributed by atoms with van der Waals surface area (Å²) in [7, 11) is 0. The van der Waals surface area contributed by atoms with Gasteiger partial charge in [-0.2, -0.15) is 11.3 Å². The summed E-state index contributed by atoms with van der Waals surface area (Å²) in [6.07, 6.45) is 1.93. The Morgan fingerprint density at radius 2 is 1.96 bits per heavy atom. The molecular weight excluding hydrogens is 399 g/mol. The summed E-state index contributed by atoms with van der Waals surface area (Å²) in [6.45, 7) is 0.220. The van der Waals surface area contributed by atoms with Crippen LogP contribution in [0.4, 0.5) is 10.2 Å². The maximum absolute atomic E-state index is 13.2. The lowest BCUT2D eigenvalue weighted by molar-refractivity contribution is -0.116. The molecule has 2 N–H and O–H groups in total. The summed E-state index contributed by atoms with van der Waals surface area (Å²) in [5.41, 5.74) is 1.86. The van der Waals surface area contributed by atoms with Crippen molar-refractivity contribution in [3.05, 3.63) is 64.0 Å². The van der Waals surface area contributed by atoms with E-state index in [4.69, 9.17) is 0 Å². The highest BCUT2D eigenvalue weighted by atomic mass is 32.1. The van der Waals surface area contributed by atoms with Crippen molar-refractivity contribution in [2.75, 3.05) is 11.9 Å². The molecule has 0 bridgehead atoms. The molecule has 9 heteroatoms. The molecule has 0 fully saturated rings. The summed E-state index contributed by atoms with van der Waals surface area (Å²) < 4.78 is 15.0. The number of amides is 2. The quantitative estimate of drug-likeness (QED) is 0.500. The van der Waals surface area contributed by atoms with Crippen molar-refractivity contribution >= 4 is 45.3 Å². The number of aromatic nitrogens is 2. The lowest BCUT2D eigenvalue weighted by Gasteiger charge is -2.08. The molecule has 2 amide bonds. The smallest absolute Gasteiger partial charge is 0.252 e. The highest BCUT2D eigenvalue weighted by Crippen LogP contribution is 2.30. The number of nitrogens with zero attached hydrogens (tertiary/aromatic N) is 2. The number of carbonyl (C=O) groups is 2. The van der Waals surface area contributed by atoms with Gasteiger partial charge in [0.25, 0.3) is 5.91 Å². The van der Waals surface area contributed by atoms with Crippen LogP contribution in [0.3, 0.4) is 0 Å². The molecule has 4 rings (SSSR count). The van der Waals surface area contributed by atoms with E-state index in [1.54, 1.807) is 28.0 Å². The number of halogens is 1. The van der Waals surface area contributed by atoms with Crippen LogP contribution in [0.25, 0.3) is 16.2 Å². The molecule has 0 aliphatic carbocycles. The second-order valence-corrected chi connectivity index (χ2v) is 7.59. The summed E-state index contributed by atoms with van der Waals surface area (Å²) in [5, 5.41) is 11.0. The van der Waals surface area contributed by atoms with Crippen LogP contribution < -0.4 is 10.6 Å². The Morgan fingerprint density at radius 3 is 2.71 bits per heavy atom. The highest BCUT2D eigenvalue weighted by Gasteiger charge is 2.17. The molecule has 0 saturated heterocycles. The topological polar surface area (TPSA) is 75.5 Å². The number of rotatable bonds is 6. The van der Waals surface area contributed by atoms with Crippen LogP contribution in [-0.2, 0) is 4.79 Å². The number of benzene rings is 1. The Bertz CT molecular complexity index is 1120. The Labute approximate surface area is 167 Å². The summed E-state index contributed by atoms with van der Waals surface area (Å²) >= 11 is 2.88. The zero-order valence-electron chi connectivity index (χ0n) is 14.5. The molecule has 4 aromatic rings. The second-order valence-electron chi connectivity index (χ2n) is 5.94. The monoisotopic (exact) mass is 414 g/mol. The van der Waals surface area contributed by atoms with E-state index < -0.39 is 0 Å². The molecule has 6 nitrogen and oxygen atoms in total. The number of thiazole rings is 1. The van der Waals surface area contributed by atoms with Crippen LogP contribution in [-0.4, -0.2) is 27.7 Å². The predicted octanol–water partition coefficient (Wildman–Crippen LogP) is 4.02. The van der Waals surface area contributed by atoms with Crippen molar-refractivity contribution in [1.29, 1.82) is 0 Å². The summed E-state index contributed by atoms with van der Waals surface area (Å²) in [6, 6.07) is 7.69. The third-order valence-corrected chi connectivity index (χ3v) is 5.50. The number of hydrogen-bond donors (Lipinski definition) is 2. The maximum atomic E-state index is 13.2. The van der Waals surface area contributed by atoms with E-state index in [-0.39, 0.29) is 30.6 Å². The first-order valence-corrected chi connectivity index (χ1v) is 10.3. The van der Waals surface area contributed by atoms with Gasteiger partial charge in [0.1, 0.15) is 17.3 Å². The lowest BCUT2D eigenvalue weighted by Crippen LogP contribution is -2.27. The molecule has 28 heavy (non-hydrogen) atoms. The van der Waals surface area contributed by atoms with Gasteiger partial charge in [-0.3, -0.25) is 14.0 Å². The fourth-order valence-electron chi connectivity index (χ4n) is 2.69. The molecule has 3 aromatic heterocycles. The first-order chi connectivity index (χ1) is 13.6. The van der Waals surface area contributed by atoms with E-state index in [1.807, 2.05) is 17.0 Å². The average molecular weight is 414 g/mol. The van der Waals surface area contributed by atoms with E-state index in [1.165, 1.54) is 34.8 Å². The van der Waals surface area contributed by atoms with Crippen LogP contribution in [0.5, 0.6) is 0 Å². The number of anilines is 1. The molecule has 0 aliphatic rings. The van der Waals surface area contributed by atoms with E-state index in [2.05, 4.69) is 15.6 Å². The van der Waals surface area contributed by atoms with Crippen molar-refractivity contribution in [2.45, 2.75) is 6.42 Å². The van der Waals surface area contributed by atoms with Crippen molar-refractivity contribution in [2.24, 2.45) is 0 Å². The Balaban J connectivity index is 1.47. The van der Waals surface area contributed by atoms with Crippen molar-refractivity contribution in [3.8, 4) is 11.3 Å².